The number of hydrogen-bond donors (Lipinski definition) is 0. The van der Waals surface area contributed by atoms with E-state index in [0.717, 1.165) is 5.56 Å². The summed E-state index contributed by atoms with van der Waals surface area (Å²) in [7, 11) is 1.78. The fraction of sp³-hybridized carbons (Fsp3) is 0.188. The third-order valence-corrected chi connectivity index (χ3v) is 3.06. The lowest BCUT2D eigenvalue weighted by Gasteiger charge is -2.22. The normalized spacial score (nSPS) is 10.4. The van der Waals surface area contributed by atoms with E-state index in [1.54, 1.807) is 30.1 Å². The van der Waals surface area contributed by atoms with Crippen LogP contribution < -0.4 is 4.90 Å². The van der Waals surface area contributed by atoms with E-state index in [1.807, 2.05) is 0 Å². The van der Waals surface area contributed by atoms with Crippen molar-refractivity contribution in [3.8, 4) is 0 Å². The van der Waals surface area contributed by atoms with Crippen molar-refractivity contribution in [2.24, 2.45) is 0 Å². The Morgan fingerprint density at radius 1 is 1.10 bits per heavy atom. The largest absolute Gasteiger partial charge is 0.370 e. The highest BCUT2D eigenvalue weighted by Gasteiger charge is 2.12. The molecule has 0 aromatic heterocycles. The van der Waals surface area contributed by atoms with Crippen LogP contribution in [0.2, 0.25) is 0 Å². The van der Waals surface area contributed by atoms with E-state index in [1.165, 1.54) is 31.2 Å². The van der Waals surface area contributed by atoms with Crippen LogP contribution >= 0.6 is 0 Å². The number of rotatable bonds is 4. The Labute approximate surface area is 116 Å². The van der Waals surface area contributed by atoms with Gasteiger partial charge < -0.3 is 4.90 Å². The molecule has 0 saturated heterocycles. The van der Waals surface area contributed by atoms with Crippen molar-refractivity contribution in [1.82, 2.24) is 0 Å². The molecule has 0 amide bonds. The molecule has 0 aliphatic carbocycles. The second-order valence-corrected chi connectivity index (χ2v) is 4.70. The van der Waals surface area contributed by atoms with E-state index in [-0.39, 0.29) is 11.6 Å². The summed E-state index contributed by atoms with van der Waals surface area (Å²) in [5.41, 5.74) is 1.73. The summed E-state index contributed by atoms with van der Waals surface area (Å²) in [6, 6.07) is 10.3. The van der Waals surface area contributed by atoms with Crippen LogP contribution in [0.25, 0.3) is 0 Å². The number of nitrogens with zero attached hydrogens (tertiary/aromatic N) is 1. The topological polar surface area (TPSA) is 20.3 Å². The molecular weight excluding hydrogens is 260 g/mol. The molecule has 0 saturated carbocycles. The molecule has 0 N–H and O–H groups in total. The van der Waals surface area contributed by atoms with Crippen LogP contribution in [0.1, 0.15) is 22.8 Å². The van der Waals surface area contributed by atoms with Gasteiger partial charge in [0.15, 0.2) is 5.78 Å². The van der Waals surface area contributed by atoms with Crippen molar-refractivity contribution in [3.63, 3.8) is 0 Å². The predicted octanol–water partition coefficient (Wildman–Crippen LogP) is 3.80. The van der Waals surface area contributed by atoms with Gasteiger partial charge in [0, 0.05) is 24.8 Å². The molecule has 20 heavy (non-hydrogen) atoms. The van der Waals surface area contributed by atoms with Crippen LogP contribution in [-0.4, -0.2) is 12.8 Å². The van der Waals surface area contributed by atoms with Crippen molar-refractivity contribution in [1.29, 1.82) is 0 Å². The van der Waals surface area contributed by atoms with Crippen molar-refractivity contribution in [3.05, 3.63) is 65.2 Å². The predicted molar refractivity (Wildman–Crippen MR) is 74.9 cm³/mol. The molecule has 2 rings (SSSR count). The first-order valence-electron chi connectivity index (χ1n) is 6.23. The number of Topliss-reactive ketones (excluding diaryl/α,β-unsaturated/α-hetero) is 1. The molecule has 2 nitrogen and oxygen atoms in total. The monoisotopic (exact) mass is 275 g/mol. The maximum Gasteiger partial charge on any atom is 0.161 e. The van der Waals surface area contributed by atoms with Gasteiger partial charge in [0.25, 0.3) is 0 Å². The average molecular weight is 275 g/mol. The lowest BCUT2D eigenvalue weighted by molar-refractivity contribution is 0.101. The molecule has 0 aliphatic heterocycles. The van der Waals surface area contributed by atoms with Gasteiger partial charge in [-0.1, -0.05) is 12.1 Å². The zero-order valence-electron chi connectivity index (χ0n) is 11.4. The van der Waals surface area contributed by atoms with Crippen LogP contribution in [0.15, 0.2) is 42.5 Å². The Morgan fingerprint density at radius 3 is 2.45 bits per heavy atom. The van der Waals surface area contributed by atoms with Gasteiger partial charge in [-0.2, -0.15) is 0 Å². The number of halogens is 2. The fourth-order valence-corrected chi connectivity index (χ4v) is 2.12. The maximum atomic E-state index is 13.2. The fourth-order valence-electron chi connectivity index (χ4n) is 2.12. The zero-order valence-corrected chi connectivity index (χ0v) is 11.4. The zero-order chi connectivity index (χ0) is 14.7. The Morgan fingerprint density at radius 2 is 1.80 bits per heavy atom. The molecule has 2 aromatic rings. The van der Waals surface area contributed by atoms with E-state index < -0.39 is 5.82 Å². The number of ketones is 1. The van der Waals surface area contributed by atoms with Crippen LogP contribution in [0, 0.1) is 11.6 Å². The molecule has 0 unspecified atom stereocenters. The third kappa shape index (κ3) is 3.20. The Balaban J connectivity index is 2.29. The Kier molecular flexibility index (Phi) is 4.13. The van der Waals surface area contributed by atoms with E-state index >= 15 is 0 Å². The average Bonchev–Trinajstić information content (AvgIpc) is 2.38. The van der Waals surface area contributed by atoms with Crippen molar-refractivity contribution >= 4 is 11.5 Å². The summed E-state index contributed by atoms with van der Waals surface area (Å²) in [5, 5.41) is 0. The molecule has 0 heterocycles. The SMILES string of the molecule is CC(=O)c1cc(F)ccc1N(C)Cc1cccc(F)c1. The smallest absolute Gasteiger partial charge is 0.161 e. The molecule has 0 spiro atoms. The minimum absolute atomic E-state index is 0.203. The molecule has 2 aromatic carbocycles. The first-order chi connectivity index (χ1) is 9.47. The summed E-state index contributed by atoms with van der Waals surface area (Å²) in [6.07, 6.45) is 0. The number of anilines is 1. The number of carbonyl (C=O) groups is 1. The molecule has 4 heteroatoms. The highest BCUT2D eigenvalue weighted by Crippen LogP contribution is 2.23. The van der Waals surface area contributed by atoms with Gasteiger partial charge in [0.1, 0.15) is 11.6 Å². The van der Waals surface area contributed by atoms with Crippen molar-refractivity contribution in [2.45, 2.75) is 13.5 Å². The quantitative estimate of drug-likeness (QED) is 0.791. The molecule has 0 atom stereocenters. The summed E-state index contributed by atoms with van der Waals surface area (Å²) >= 11 is 0. The van der Waals surface area contributed by atoms with Crippen LogP contribution in [0.5, 0.6) is 0 Å². The summed E-state index contributed by atoms with van der Waals surface area (Å²) in [4.78, 5) is 13.4. The molecule has 104 valence electrons. The van der Waals surface area contributed by atoms with Gasteiger partial charge in [-0.15, -0.1) is 0 Å². The van der Waals surface area contributed by atoms with Crippen molar-refractivity contribution in [2.75, 3.05) is 11.9 Å². The van der Waals surface area contributed by atoms with Gasteiger partial charge >= 0.3 is 0 Å². The van der Waals surface area contributed by atoms with Gasteiger partial charge in [-0.25, -0.2) is 8.78 Å². The molecule has 0 radical (unpaired) electrons. The van der Waals surface area contributed by atoms with Gasteiger partial charge in [0.2, 0.25) is 0 Å². The van der Waals surface area contributed by atoms with E-state index in [0.29, 0.717) is 17.8 Å². The molecule has 0 bridgehead atoms. The Bertz CT molecular complexity index is 640. The van der Waals surface area contributed by atoms with Crippen molar-refractivity contribution < 1.29 is 13.6 Å². The molecular formula is C16H15F2NO. The van der Waals surface area contributed by atoms with Gasteiger partial charge in [-0.05, 0) is 42.8 Å². The molecule has 0 aliphatic rings. The third-order valence-electron chi connectivity index (χ3n) is 3.06. The molecule has 0 fully saturated rings. The van der Waals surface area contributed by atoms with E-state index in [4.69, 9.17) is 0 Å². The minimum Gasteiger partial charge on any atom is -0.370 e. The first kappa shape index (κ1) is 14.2. The summed E-state index contributed by atoms with van der Waals surface area (Å²) < 4.78 is 26.4. The minimum atomic E-state index is -0.446. The standard InChI is InChI=1S/C16H15F2NO/c1-11(20)15-9-14(18)6-7-16(15)19(2)10-12-4-3-5-13(17)8-12/h3-9H,10H2,1-2H3. The van der Waals surface area contributed by atoms with E-state index in [2.05, 4.69) is 0 Å². The Hall–Kier alpha value is -2.23. The van der Waals surface area contributed by atoms with Crippen LogP contribution in [0.4, 0.5) is 14.5 Å². The first-order valence-corrected chi connectivity index (χ1v) is 6.23. The highest BCUT2D eigenvalue weighted by atomic mass is 19.1. The maximum absolute atomic E-state index is 13.2. The summed E-state index contributed by atoms with van der Waals surface area (Å²) in [6.45, 7) is 1.83. The number of hydrogen-bond acceptors (Lipinski definition) is 2. The second kappa shape index (κ2) is 5.82. The lowest BCUT2D eigenvalue weighted by Crippen LogP contribution is -2.19. The second-order valence-electron chi connectivity index (χ2n) is 4.70. The summed E-state index contributed by atoms with van der Waals surface area (Å²) in [5.74, 6) is -0.953. The van der Waals surface area contributed by atoms with Crippen LogP contribution in [0.3, 0.4) is 0 Å². The van der Waals surface area contributed by atoms with Crippen LogP contribution in [-0.2, 0) is 6.54 Å². The lowest BCUT2D eigenvalue weighted by atomic mass is 10.1. The van der Waals surface area contributed by atoms with Gasteiger partial charge in [-0.3, -0.25) is 4.79 Å². The number of carbonyl (C=O) groups excluding carboxylic acids is 1. The highest BCUT2D eigenvalue weighted by molar-refractivity contribution is 5.99. The van der Waals surface area contributed by atoms with Gasteiger partial charge in [0.05, 0.1) is 0 Å². The number of benzene rings is 2. The van der Waals surface area contributed by atoms with E-state index in [9.17, 15) is 13.6 Å².